The highest BCUT2D eigenvalue weighted by Gasteiger charge is 2.33. The zero-order chi connectivity index (χ0) is 25.7. The predicted molar refractivity (Wildman–Crippen MR) is 142 cm³/mol. The molecule has 194 valence electrons. The Bertz CT molecular complexity index is 1070. The molecule has 0 fully saturated rings. The molecule has 0 radical (unpaired) electrons. The highest BCUT2D eigenvalue weighted by molar-refractivity contribution is 6.07. The summed E-state index contributed by atoms with van der Waals surface area (Å²) < 4.78 is 6.09. The number of carbonyl (C=O) groups excluding carboxylic acids is 1. The number of aliphatic imine (C=N–C) groups is 1. The molecule has 0 bridgehead atoms. The van der Waals surface area contributed by atoms with Crippen LogP contribution in [0.5, 0.6) is 11.5 Å². The van der Waals surface area contributed by atoms with Gasteiger partial charge in [-0.1, -0.05) is 39.0 Å². The number of aryl methyl sites for hydroxylation is 1. The van der Waals surface area contributed by atoms with Gasteiger partial charge in [-0.2, -0.15) is 0 Å². The summed E-state index contributed by atoms with van der Waals surface area (Å²) in [6.07, 6.45) is 12.8. The Kier molecular flexibility index (Phi) is 8.81. The number of allylic oxidation sites excluding steroid dienone is 3. The first-order valence-electron chi connectivity index (χ1n) is 13.4. The molecule has 0 aromatic heterocycles. The maximum Gasteiger partial charge on any atom is 0.227 e. The van der Waals surface area contributed by atoms with Crippen molar-refractivity contribution in [2.24, 2.45) is 22.7 Å². The lowest BCUT2D eigenvalue weighted by Gasteiger charge is -2.24. The smallest absolute Gasteiger partial charge is 0.227 e. The monoisotopic (exact) mass is 493 g/mol. The van der Waals surface area contributed by atoms with Crippen molar-refractivity contribution in [1.82, 2.24) is 0 Å². The van der Waals surface area contributed by atoms with Gasteiger partial charge in [0, 0.05) is 31.4 Å². The molecule has 0 spiro atoms. The zero-order valence-corrected chi connectivity index (χ0v) is 21.9. The Morgan fingerprint density at radius 2 is 2.06 bits per heavy atom. The number of hydrogen-bond acceptors (Lipinski definition) is 5. The lowest BCUT2D eigenvalue weighted by atomic mass is 9.84. The summed E-state index contributed by atoms with van der Waals surface area (Å²) in [5, 5.41) is 20.9. The van der Waals surface area contributed by atoms with E-state index in [2.05, 4.69) is 44.0 Å². The molecule has 6 nitrogen and oxygen atoms in total. The van der Waals surface area contributed by atoms with Gasteiger partial charge in [0.05, 0.1) is 11.7 Å². The summed E-state index contributed by atoms with van der Waals surface area (Å²) >= 11 is 0. The van der Waals surface area contributed by atoms with Crippen LogP contribution in [-0.2, 0) is 11.2 Å². The number of aliphatic hydroxyl groups excluding tert-OH is 1. The second-order valence-electron chi connectivity index (χ2n) is 11.0. The summed E-state index contributed by atoms with van der Waals surface area (Å²) in [5.41, 5.74) is 4.63. The van der Waals surface area contributed by atoms with Crippen LogP contribution < -0.4 is 9.64 Å². The number of nitrogens with one attached hydrogen (secondary N) is 1. The van der Waals surface area contributed by atoms with Gasteiger partial charge >= 0.3 is 0 Å². The summed E-state index contributed by atoms with van der Waals surface area (Å²) in [7, 11) is 0. The molecule has 0 saturated carbocycles. The van der Waals surface area contributed by atoms with E-state index >= 15 is 0 Å². The Hall–Kier alpha value is -2.70. The molecule has 0 saturated heterocycles. The third kappa shape index (κ3) is 6.74. The van der Waals surface area contributed by atoms with E-state index in [0.29, 0.717) is 37.2 Å². The van der Waals surface area contributed by atoms with Crippen LogP contribution >= 0.6 is 0 Å². The van der Waals surface area contributed by atoms with Crippen LogP contribution in [0.15, 0.2) is 58.9 Å². The van der Waals surface area contributed by atoms with E-state index in [0.717, 1.165) is 43.5 Å². The Morgan fingerprint density at radius 1 is 1.22 bits per heavy atom. The Balaban J connectivity index is 1.30. The first-order valence-corrected chi connectivity index (χ1v) is 13.4. The van der Waals surface area contributed by atoms with Crippen molar-refractivity contribution < 1.29 is 24.6 Å². The summed E-state index contributed by atoms with van der Waals surface area (Å²) in [5.74, 6) is 1.86. The number of Topliss-reactive ketones (excluding diaryl/α,β-unsaturated/α-hetero) is 1. The molecule has 1 aromatic rings. The van der Waals surface area contributed by atoms with Gasteiger partial charge in [-0.05, 0) is 61.3 Å². The van der Waals surface area contributed by atoms with Crippen molar-refractivity contribution in [3.05, 3.63) is 59.5 Å². The summed E-state index contributed by atoms with van der Waals surface area (Å²) in [6, 6.07) is 5.30. The third-order valence-corrected chi connectivity index (χ3v) is 7.58. The van der Waals surface area contributed by atoms with Crippen LogP contribution in [0, 0.1) is 17.8 Å². The van der Waals surface area contributed by atoms with Crippen LogP contribution in [-0.4, -0.2) is 41.1 Å². The predicted octanol–water partition coefficient (Wildman–Crippen LogP) is 4.14. The molecule has 1 aromatic carbocycles. The average Bonchev–Trinajstić information content (AvgIpc) is 3.43. The molecule has 4 atom stereocenters. The van der Waals surface area contributed by atoms with Gasteiger partial charge in [-0.25, -0.2) is 0 Å². The molecule has 2 heterocycles. The summed E-state index contributed by atoms with van der Waals surface area (Å²) in [6.45, 7) is 7.85. The largest absolute Gasteiger partial charge is 0.504 e. The molecule has 4 unspecified atom stereocenters. The van der Waals surface area contributed by atoms with Gasteiger partial charge in [0.15, 0.2) is 11.5 Å². The SMILES string of the molecule is CC(C)CCC1=C2C=CN=C2C[NH+]1COc1cc(CCC(=O)CC(O)C2C=CC(C)CC2)ccc1O. The van der Waals surface area contributed by atoms with Gasteiger partial charge in [0.2, 0.25) is 6.73 Å². The van der Waals surface area contributed by atoms with Gasteiger partial charge in [0.25, 0.3) is 0 Å². The normalized spacial score (nSPS) is 23.8. The molecule has 6 heteroatoms. The van der Waals surface area contributed by atoms with E-state index in [-0.39, 0.29) is 23.9 Å². The molecular weight excluding hydrogens is 452 g/mol. The number of nitrogens with zero attached hydrogens (tertiary/aromatic N) is 1. The van der Waals surface area contributed by atoms with Gasteiger partial charge in [-0.15, -0.1) is 0 Å². The van der Waals surface area contributed by atoms with Crippen LogP contribution in [0.2, 0.25) is 0 Å². The van der Waals surface area contributed by atoms with Crippen LogP contribution in [0.4, 0.5) is 0 Å². The number of phenols is 1. The van der Waals surface area contributed by atoms with E-state index in [9.17, 15) is 15.0 Å². The quantitative estimate of drug-likeness (QED) is 0.382. The van der Waals surface area contributed by atoms with Gasteiger partial charge < -0.3 is 14.9 Å². The fourth-order valence-corrected chi connectivity index (χ4v) is 5.23. The van der Waals surface area contributed by atoms with Crippen molar-refractivity contribution in [3.8, 4) is 11.5 Å². The highest BCUT2D eigenvalue weighted by atomic mass is 16.5. The number of fused-ring (bicyclic) bond motifs is 1. The average molecular weight is 494 g/mol. The summed E-state index contributed by atoms with van der Waals surface area (Å²) in [4.78, 5) is 18.3. The molecule has 3 N–H and O–H groups in total. The van der Waals surface area contributed by atoms with Gasteiger partial charge in [-0.3, -0.25) is 14.7 Å². The second kappa shape index (κ2) is 12.0. The van der Waals surface area contributed by atoms with Crippen molar-refractivity contribution >= 4 is 11.5 Å². The van der Waals surface area contributed by atoms with E-state index in [1.54, 1.807) is 6.07 Å². The third-order valence-electron chi connectivity index (χ3n) is 7.58. The Morgan fingerprint density at radius 3 is 2.81 bits per heavy atom. The topological polar surface area (TPSA) is 83.6 Å². The number of ether oxygens (including phenoxy) is 1. The zero-order valence-electron chi connectivity index (χ0n) is 21.9. The van der Waals surface area contributed by atoms with Crippen LogP contribution in [0.1, 0.15) is 64.9 Å². The molecule has 3 aliphatic rings. The minimum Gasteiger partial charge on any atom is -0.504 e. The maximum atomic E-state index is 12.5. The minimum atomic E-state index is -0.610. The van der Waals surface area contributed by atoms with E-state index < -0.39 is 6.10 Å². The van der Waals surface area contributed by atoms with Gasteiger partial charge in [0.1, 0.15) is 23.7 Å². The van der Waals surface area contributed by atoms with Crippen molar-refractivity contribution in [1.29, 1.82) is 0 Å². The van der Waals surface area contributed by atoms with E-state index in [1.165, 1.54) is 16.2 Å². The number of ketones is 1. The fraction of sp³-hybridized carbons (Fsp3) is 0.533. The number of rotatable bonds is 12. The first kappa shape index (κ1) is 26.4. The molecule has 2 aliphatic heterocycles. The number of hydrogen-bond donors (Lipinski definition) is 3. The number of benzene rings is 1. The standard InChI is InChI=1S/C30H40N2O4/c1-20(2)4-12-27-25-14-15-31-26(25)18-32(27)19-36-30-16-22(8-13-28(30)34)7-11-24(33)17-29(35)23-9-5-21(3)6-10-23/h5,8-9,13-16,20-21,23,29,34-35H,4,6-7,10-12,17-19H2,1-3H3/p+1. The first-order chi connectivity index (χ1) is 17.3. The minimum absolute atomic E-state index is 0.0633. The van der Waals surface area contributed by atoms with Crippen molar-refractivity contribution in [2.75, 3.05) is 13.3 Å². The number of aliphatic hydroxyl groups is 1. The second-order valence-corrected chi connectivity index (χ2v) is 11.0. The van der Waals surface area contributed by atoms with Crippen LogP contribution in [0.3, 0.4) is 0 Å². The molecule has 1 aliphatic carbocycles. The molecule has 4 rings (SSSR count). The number of quaternary nitrogens is 1. The van der Waals surface area contributed by atoms with Crippen LogP contribution in [0.25, 0.3) is 0 Å². The fourth-order valence-electron chi connectivity index (χ4n) is 5.23. The highest BCUT2D eigenvalue weighted by Crippen LogP contribution is 2.29. The maximum absolute atomic E-state index is 12.5. The van der Waals surface area contributed by atoms with E-state index in [1.807, 2.05) is 18.3 Å². The Labute approximate surface area is 215 Å². The number of aromatic hydroxyl groups is 1. The van der Waals surface area contributed by atoms with Crippen molar-refractivity contribution in [2.45, 2.75) is 71.8 Å². The lowest BCUT2D eigenvalue weighted by Crippen LogP contribution is -3.10. The lowest BCUT2D eigenvalue weighted by molar-refractivity contribution is -0.866. The van der Waals surface area contributed by atoms with Crippen molar-refractivity contribution in [3.63, 3.8) is 0 Å². The van der Waals surface area contributed by atoms with E-state index in [4.69, 9.17) is 4.74 Å². The number of phenolic OH excluding ortho intramolecular Hbond substituents is 1. The molecule has 36 heavy (non-hydrogen) atoms. The molecule has 0 amide bonds. The number of carbonyl (C=O) groups is 1. The molecular formula is C30H41N2O4+.